The Kier molecular flexibility index (Phi) is 5.70. The standard InChI is InChI=1S/C15H20O4/c1-10(7-12-3-5-14(18)6-4-12)15(19)8-13(9-16)11(2)17/h3-6,10,13,16,18H,7-9H2,1-2H3/t10-,13-/m0/s1. The minimum Gasteiger partial charge on any atom is -0.508 e. The summed E-state index contributed by atoms with van der Waals surface area (Å²) in [6.07, 6.45) is 0.653. The molecule has 0 aliphatic carbocycles. The summed E-state index contributed by atoms with van der Waals surface area (Å²) in [7, 11) is 0. The zero-order chi connectivity index (χ0) is 14.4. The molecule has 0 fully saturated rings. The molecule has 0 aliphatic heterocycles. The molecular formula is C15H20O4. The molecule has 0 amide bonds. The Morgan fingerprint density at radius 3 is 2.26 bits per heavy atom. The highest BCUT2D eigenvalue weighted by atomic mass is 16.3. The van der Waals surface area contributed by atoms with Crippen molar-refractivity contribution in [3.05, 3.63) is 29.8 Å². The van der Waals surface area contributed by atoms with Crippen LogP contribution in [0, 0.1) is 11.8 Å². The summed E-state index contributed by atoms with van der Waals surface area (Å²) < 4.78 is 0. The number of rotatable bonds is 7. The monoisotopic (exact) mass is 264 g/mol. The molecule has 0 spiro atoms. The molecule has 104 valence electrons. The summed E-state index contributed by atoms with van der Waals surface area (Å²) in [5.74, 6) is -0.789. The molecule has 1 rings (SSSR count). The van der Waals surface area contributed by atoms with Crippen LogP contribution in [0.15, 0.2) is 24.3 Å². The molecule has 0 saturated heterocycles. The third-order valence-corrected chi connectivity index (χ3v) is 3.27. The van der Waals surface area contributed by atoms with Crippen molar-refractivity contribution in [3.8, 4) is 5.75 Å². The molecule has 0 radical (unpaired) electrons. The van der Waals surface area contributed by atoms with E-state index in [1.807, 2.05) is 6.92 Å². The molecule has 2 atom stereocenters. The molecule has 0 aliphatic rings. The van der Waals surface area contributed by atoms with E-state index < -0.39 is 5.92 Å². The lowest BCUT2D eigenvalue weighted by atomic mass is 9.90. The highest BCUT2D eigenvalue weighted by Crippen LogP contribution is 2.17. The lowest BCUT2D eigenvalue weighted by molar-refractivity contribution is -0.129. The van der Waals surface area contributed by atoms with E-state index in [1.165, 1.54) is 6.92 Å². The number of benzene rings is 1. The first-order chi connectivity index (χ1) is 8.93. The normalized spacial score (nSPS) is 13.8. The molecule has 2 N–H and O–H groups in total. The number of Topliss-reactive ketones (excluding diaryl/α,β-unsaturated/α-hetero) is 2. The molecule has 0 heterocycles. The zero-order valence-electron chi connectivity index (χ0n) is 11.3. The quantitative estimate of drug-likeness (QED) is 0.786. The summed E-state index contributed by atoms with van der Waals surface area (Å²) in [4.78, 5) is 23.2. The lowest BCUT2D eigenvalue weighted by Crippen LogP contribution is -2.23. The molecular weight excluding hydrogens is 244 g/mol. The highest BCUT2D eigenvalue weighted by Gasteiger charge is 2.21. The first-order valence-electron chi connectivity index (χ1n) is 6.36. The fourth-order valence-electron chi connectivity index (χ4n) is 1.88. The van der Waals surface area contributed by atoms with Crippen LogP contribution in [0.3, 0.4) is 0 Å². The van der Waals surface area contributed by atoms with E-state index in [0.717, 1.165) is 5.56 Å². The fraction of sp³-hybridized carbons (Fsp3) is 0.467. The molecule has 19 heavy (non-hydrogen) atoms. The van der Waals surface area contributed by atoms with Crippen molar-refractivity contribution >= 4 is 11.6 Å². The van der Waals surface area contributed by atoms with Gasteiger partial charge in [0, 0.05) is 18.3 Å². The summed E-state index contributed by atoms with van der Waals surface area (Å²) >= 11 is 0. The molecule has 4 heteroatoms. The summed E-state index contributed by atoms with van der Waals surface area (Å²) in [6, 6.07) is 6.71. The van der Waals surface area contributed by atoms with Gasteiger partial charge in [0.05, 0.1) is 6.61 Å². The van der Waals surface area contributed by atoms with Crippen molar-refractivity contribution < 1.29 is 19.8 Å². The maximum absolute atomic E-state index is 12.0. The van der Waals surface area contributed by atoms with Crippen LogP contribution in [-0.4, -0.2) is 28.4 Å². The molecule has 0 unspecified atom stereocenters. The first kappa shape index (κ1) is 15.4. The number of carbonyl (C=O) groups excluding carboxylic acids is 2. The van der Waals surface area contributed by atoms with Crippen LogP contribution in [0.4, 0.5) is 0 Å². The lowest BCUT2D eigenvalue weighted by Gasteiger charge is -2.14. The van der Waals surface area contributed by atoms with Crippen molar-refractivity contribution in [2.45, 2.75) is 26.7 Å². The van der Waals surface area contributed by atoms with Crippen molar-refractivity contribution in [1.29, 1.82) is 0 Å². The number of phenolic OH excluding ortho intramolecular Hbond substituents is 1. The largest absolute Gasteiger partial charge is 0.508 e. The second kappa shape index (κ2) is 7.04. The minimum absolute atomic E-state index is 0.0256. The van der Waals surface area contributed by atoms with Crippen molar-refractivity contribution in [3.63, 3.8) is 0 Å². The summed E-state index contributed by atoms with van der Waals surface area (Å²) in [6.45, 7) is 2.91. The van der Waals surface area contributed by atoms with E-state index in [0.29, 0.717) is 6.42 Å². The Hall–Kier alpha value is -1.68. The van der Waals surface area contributed by atoms with Gasteiger partial charge in [0.15, 0.2) is 0 Å². The van der Waals surface area contributed by atoms with Gasteiger partial charge in [-0.3, -0.25) is 9.59 Å². The molecule has 0 saturated carbocycles. The zero-order valence-corrected chi connectivity index (χ0v) is 11.3. The average molecular weight is 264 g/mol. The van der Waals surface area contributed by atoms with Gasteiger partial charge in [0.2, 0.25) is 0 Å². The Labute approximate surface area is 113 Å². The van der Waals surface area contributed by atoms with E-state index in [1.54, 1.807) is 24.3 Å². The number of ketones is 2. The van der Waals surface area contributed by atoms with Gasteiger partial charge in [-0.1, -0.05) is 19.1 Å². The van der Waals surface area contributed by atoms with Crippen LogP contribution in [0.5, 0.6) is 5.75 Å². The smallest absolute Gasteiger partial charge is 0.136 e. The van der Waals surface area contributed by atoms with E-state index in [9.17, 15) is 14.7 Å². The fourth-order valence-corrected chi connectivity index (χ4v) is 1.88. The second-order valence-corrected chi connectivity index (χ2v) is 4.93. The maximum atomic E-state index is 12.0. The Balaban J connectivity index is 2.57. The van der Waals surface area contributed by atoms with Crippen LogP contribution in [0.25, 0.3) is 0 Å². The van der Waals surface area contributed by atoms with Crippen molar-refractivity contribution in [2.24, 2.45) is 11.8 Å². The Bertz CT molecular complexity index is 436. The second-order valence-electron chi connectivity index (χ2n) is 4.93. The number of aliphatic hydroxyl groups excluding tert-OH is 1. The SMILES string of the molecule is CC(=O)[C@H](CO)CC(=O)[C@@H](C)Cc1ccc(O)cc1. The third kappa shape index (κ3) is 4.83. The van der Waals surface area contributed by atoms with Gasteiger partial charge in [0.25, 0.3) is 0 Å². The number of aromatic hydroxyl groups is 1. The number of phenols is 1. The topological polar surface area (TPSA) is 74.6 Å². The number of hydrogen-bond acceptors (Lipinski definition) is 4. The van der Waals surface area contributed by atoms with Crippen LogP contribution in [0.1, 0.15) is 25.8 Å². The predicted molar refractivity (Wildman–Crippen MR) is 71.9 cm³/mol. The maximum Gasteiger partial charge on any atom is 0.136 e. The van der Waals surface area contributed by atoms with Crippen LogP contribution in [-0.2, 0) is 16.0 Å². The molecule has 1 aromatic carbocycles. The minimum atomic E-state index is -0.588. The van der Waals surface area contributed by atoms with Crippen LogP contribution < -0.4 is 0 Å². The Morgan fingerprint density at radius 2 is 1.79 bits per heavy atom. The summed E-state index contributed by atoms with van der Waals surface area (Å²) in [5.41, 5.74) is 0.960. The van der Waals surface area contributed by atoms with Gasteiger partial charge in [-0.15, -0.1) is 0 Å². The van der Waals surface area contributed by atoms with E-state index >= 15 is 0 Å². The van der Waals surface area contributed by atoms with Crippen LogP contribution in [0.2, 0.25) is 0 Å². The number of aliphatic hydroxyl groups is 1. The van der Waals surface area contributed by atoms with Gasteiger partial charge in [-0.25, -0.2) is 0 Å². The van der Waals surface area contributed by atoms with Gasteiger partial charge in [-0.05, 0) is 31.0 Å². The van der Waals surface area contributed by atoms with E-state index in [-0.39, 0.29) is 36.3 Å². The molecule has 4 nitrogen and oxygen atoms in total. The molecule has 0 aromatic heterocycles. The third-order valence-electron chi connectivity index (χ3n) is 3.27. The van der Waals surface area contributed by atoms with Gasteiger partial charge >= 0.3 is 0 Å². The molecule has 0 bridgehead atoms. The first-order valence-corrected chi connectivity index (χ1v) is 6.36. The van der Waals surface area contributed by atoms with Gasteiger partial charge in [0.1, 0.15) is 17.3 Å². The van der Waals surface area contributed by atoms with E-state index in [4.69, 9.17) is 5.11 Å². The number of hydrogen-bond donors (Lipinski definition) is 2. The van der Waals surface area contributed by atoms with E-state index in [2.05, 4.69) is 0 Å². The highest BCUT2D eigenvalue weighted by molar-refractivity contribution is 5.88. The Morgan fingerprint density at radius 1 is 1.21 bits per heavy atom. The van der Waals surface area contributed by atoms with Crippen molar-refractivity contribution in [2.75, 3.05) is 6.61 Å². The van der Waals surface area contributed by atoms with Gasteiger partial charge in [-0.2, -0.15) is 0 Å². The molecule has 1 aromatic rings. The van der Waals surface area contributed by atoms with Gasteiger partial charge < -0.3 is 10.2 Å². The number of carbonyl (C=O) groups is 2. The van der Waals surface area contributed by atoms with Crippen LogP contribution >= 0.6 is 0 Å². The van der Waals surface area contributed by atoms with Crippen molar-refractivity contribution in [1.82, 2.24) is 0 Å². The average Bonchev–Trinajstić information content (AvgIpc) is 2.37. The predicted octanol–water partition coefficient (Wildman–Crippen LogP) is 1.73. The summed E-state index contributed by atoms with van der Waals surface area (Å²) in [5, 5.41) is 18.2.